The van der Waals surface area contributed by atoms with Crippen LogP contribution in [0.4, 0.5) is 5.69 Å². The minimum Gasteiger partial charge on any atom is -0.373 e. The molecule has 1 aliphatic heterocycles. The van der Waals surface area contributed by atoms with Gasteiger partial charge in [-0.15, -0.1) is 0 Å². The molecule has 0 fully saturated rings. The van der Waals surface area contributed by atoms with Gasteiger partial charge < -0.3 is 16.4 Å². The van der Waals surface area contributed by atoms with E-state index in [-0.39, 0.29) is 11.7 Å². The summed E-state index contributed by atoms with van der Waals surface area (Å²) in [6, 6.07) is 10.7. The molecule has 2 aromatic rings. The zero-order valence-corrected chi connectivity index (χ0v) is 15.4. The number of benzene rings is 2. The second-order valence-electron chi connectivity index (χ2n) is 6.91. The fourth-order valence-electron chi connectivity index (χ4n) is 3.63. The van der Waals surface area contributed by atoms with Crippen molar-refractivity contribution in [1.29, 1.82) is 0 Å². The van der Waals surface area contributed by atoms with Crippen molar-refractivity contribution in [3.63, 3.8) is 0 Å². The Hall–Kier alpha value is -2.40. The Morgan fingerprint density at radius 2 is 1.96 bits per heavy atom. The third-order valence-corrected chi connectivity index (χ3v) is 5.15. The number of rotatable bonds is 7. The number of Topliss-reactive ketones (excluding diaryl/α,β-unsaturated/α-hetero) is 1. The molecule has 1 amide bonds. The molecule has 1 heterocycles. The molecule has 138 valence electrons. The SMILES string of the molecule is CCCCNC(=O)[C@H]1Nc2ccc3ccccc3c2C1C(=O)[C@@H](N)CC. The van der Waals surface area contributed by atoms with Crippen molar-refractivity contribution < 1.29 is 9.59 Å². The lowest BCUT2D eigenvalue weighted by molar-refractivity contribution is -0.127. The average Bonchev–Trinajstić information content (AvgIpc) is 3.07. The largest absolute Gasteiger partial charge is 0.373 e. The quantitative estimate of drug-likeness (QED) is 0.668. The molecule has 3 atom stereocenters. The normalized spacial score (nSPS) is 19.7. The van der Waals surface area contributed by atoms with E-state index in [0.29, 0.717) is 13.0 Å². The van der Waals surface area contributed by atoms with Gasteiger partial charge in [0.15, 0.2) is 5.78 Å². The van der Waals surface area contributed by atoms with Crippen LogP contribution < -0.4 is 16.4 Å². The topological polar surface area (TPSA) is 84.2 Å². The maximum absolute atomic E-state index is 13.1. The average molecular weight is 353 g/mol. The van der Waals surface area contributed by atoms with E-state index in [2.05, 4.69) is 17.6 Å². The van der Waals surface area contributed by atoms with Crippen LogP contribution in [-0.4, -0.2) is 30.3 Å². The highest BCUT2D eigenvalue weighted by Crippen LogP contribution is 2.42. The number of carbonyl (C=O) groups excluding carboxylic acids is 2. The molecule has 1 aliphatic rings. The van der Waals surface area contributed by atoms with E-state index in [4.69, 9.17) is 5.73 Å². The molecule has 0 aliphatic carbocycles. The van der Waals surface area contributed by atoms with Gasteiger partial charge in [-0.3, -0.25) is 9.59 Å². The molecule has 0 saturated carbocycles. The summed E-state index contributed by atoms with van der Waals surface area (Å²) in [7, 11) is 0. The minimum atomic E-state index is -0.613. The first-order chi connectivity index (χ1) is 12.6. The van der Waals surface area contributed by atoms with E-state index in [1.807, 2.05) is 43.3 Å². The lowest BCUT2D eigenvalue weighted by atomic mass is 9.84. The molecular formula is C21H27N3O2. The van der Waals surface area contributed by atoms with Crippen molar-refractivity contribution in [1.82, 2.24) is 5.32 Å². The molecule has 2 aromatic carbocycles. The van der Waals surface area contributed by atoms with Crippen molar-refractivity contribution in [2.75, 3.05) is 11.9 Å². The number of unbranched alkanes of at least 4 members (excludes halogenated alkanes) is 1. The third kappa shape index (κ3) is 3.31. The lowest BCUT2D eigenvalue weighted by Gasteiger charge is -2.22. The van der Waals surface area contributed by atoms with Crippen LogP contribution in [0.5, 0.6) is 0 Å². The second kappa shape index (κ2) is 7.87. The summed E-state index contributed by atoms with van der Waals surface area (Å²) in [6.45, 7) is 4.59. The maximum atomic E-state index is 13.1. The Bertz CT molecular complexity index is 818. The standard InChI is InChI=1S/C21H27N3O2/c1-3-5-12-23-21(26)19-18(20(25)15(22)4-2)17-14-9-7-6-8-13(14)10-11-16(17)24-19/h6-11,15,18-19,24H,3-5,12,22H2,1-2H3,(H,23,26)/t15-,18?,19-/m0/s1. The highest BCUT2D eigenvalue weighted by molar-refractivity contribution is 6.06. The van der Waals surface area contributed by atoms with Crippen LogP contribution in [0.2, 0.25) is 0 Å². The molecule has 3 rings (SSSR count). The van der Waals surface area contributed by atoms with Crippen molar-refractivity contribution in [2.45, 2.75) is 51.1 Å². The Balaban J connectivity index is 2.02. The van der Waals surface area contributed by atoms with Gasteiger partial charge in [0.1, 0.15) is 6.04 Å². The van der Waals surface area contributed by atoms with Gasteiger partial charge >= 0.3 is 0 Å². The molecule has 1 unspecified atom stereocenters. The zero-order chi connectivity index (χ0) is 18.7. The first-order valence-corrected chi connectivity index (χ1v) is 9.43. The number of nitrogens with two attached hydrogens (primary N) is 1. The fourth-order valence-corrected chi connectivity index (χ4v) is 3.63. The predicted octanol–water partition coefficient (Wildman–Crippen LogP) is 2.94. The number of carbonyl (C=O) groups is 2. The van der Waals surface area contributed by atoms with Crippen LogP contribution in [0.1, 0.15) is 44.6 Å². The minimum absolute atomic E-state index is 0.0780. The van der Waals surface area contributed by atoms with E-state index in [9.17, 15) is 9.59 Å². The fraction of sp³-hybridized carbons (Fsp3) is 0.429. The molecule has 0 saturated heterocycles. The van der Waals surface area contributed by atoms with E-state index in [1.54, 1.807) is 0 Å². The van der Waals surface area contributed by atoms with E-state index < -0.39 is 18.0 Å². The summed E-state index contributed by atoms with van der Waals surface area (Å²) in [5.74, 6) is -0.779. The molecule has 0 aromatic heterocycles. The van der Waals surface area contributed by atoms with Gasteiger partial charge in [-0.2, -0.15) is 0 Å². The number of fused-ring (bicyclic) bond motifs is 3. The Kier molecular flexibility index (Phi) is 5.57. The number of anilines is 1. The zero-order valence-electron chi connectivity index (χ0n) is 15.4. The van der Waals surface area contributed by atoms with Crippen LogP contribution >= 0.6 is 0 Å². The van der Waals surface area contributed by atoms with Gasteiger partial charge in [0.05, 0.1) is 12.0 Å². The summed E-state index contributed by atoms with van der Waals surface area (Å²) >= 11 is 0. The molecule has 5 heteroatoms. The van der Waals surface area contributed by atoms with Crippen molar-refractivity contribution in [3.05, 3.63) is 42.0 Å². The van der Waals surface area contributed by atoms with Crippen LogP contribution in [0.25, 0.3) is 10.8 Å². The number of nitrogens with one attached hydrogen (secondary N) is 2. The molecule has 26 heavy (non-hydrogen) atoms. The summed E-state index contributed by atoms with van der Waals surface area (Å²) in [4.78, 5) is 25.9. The van der Waals surface area contributed by atoms with Crippen LogP contribution in [0.15, 0.2) is 36.4 Å². The van der Waals surface area contributed by atoms with Gasteiger partial charge in [0.2, 0.25) is 5.91 Å². The monoisotopic (exact) mass is 353 g/mol. The Morgan fingerprint density at radius 1 is 1.19 bits per heavy atom. The highest BCUT2D eigenvalue weighted by Gasteiger charge is 2.43. The molecule has 4 N–H and O–H groups in total. The van der Waals surface area contributed by atoms with Crippen molar-refractivity contribution in [3.8, 4) is 0 Å². The van der Waals surface area contributed by atoms with E-state index >= 15 is 0 Å². The number of hydrogen-bond donors (Lipinski definition) is 3. The lowest BCUT2D eigenvalue weighted by Crippen LogP contribution is -2.46. The summed E-state index contributed by atoms with van der Waals surface area (Å²) in [5.41, 5.74) is 7.82. The number of hydrogen-bond acceptors (Lipinski definition) is 4. The van der Waals surface area contributed by atoms with Gasteiger partial charge in [-0.05, 0) is 35.2 Å². The van der Waals surface area contributed by atoms with Crippen LogP contribution in [0, 0.1) is 0 Å². The first kappa shape index (κ1) is 18.4. The number of ketones is 1. The Morgan fingerprint density at radius 3 is 2.69 bits per heavy atom. The molecular weight excluding hydrogens is 326 g/mol. The van der Waals surface area contributed by atoms with E-state index in [1.165, 1.54) is 0 Å². The van der Waals surface area contributed by atoms with Crippen LogP contribution in [0.3, 0.4) is 0 Å². The summed E-state index contributed by atoms with van der Waals surface area (Å²) in [5, 5.41) is 8.29. The van der Waals surface area contributed by atoms with Gasteiger partial charge in [-0.1, -0.05) is 50.6 Å². The van der Waals surface area contributed by atoms with Crippen molar-refractivity contribution in [2.24, 2.45) is 5.73 Å². The van der Waals surface area contributed by atoms with Gasteiger partial charge in [-0.25, -0.2) is 0 Å². The van der Waals surface area contributed by atoms with Crippen LogP contribution in [-0.2, 0) is 9.59 Å². The summed E-state index contributed by atoms with van der Waals surface area (Å²) < 4.78 is 0. The molecule has 5 nitrogen and oxygen atoms in total. The highest BCUT2D eigenvalue weighted by atomic mass is 16.2. The molecule has 0 spiro atoms. The first-order valence-electron chi connectivity index (χ1n) is 9.43. The third-order valence-electron chi connectivity index (χ3n) is 5.15. The smallest absolute Gasteiger partial charge is 0.243 e. The maximum Gasteiger partial charge on any atom is 0.243 e. The predicted molar refractivity (Wildman–Crippen MR) is 105 cm³/mol. The van der Waals surface area contributed by atoms with Gasteiger partial charge in [0.25, 0.3) is 0 Å². The second-order valence-corrected chi connectivity index (χ2v) is 6.91. The molecule has 0 radical (unpaired) electrons. The Labute approximate surface area is 154 Å². The molecule has 0 bridgehead atoms. The number of amides is 1. The van der Waals surface area contributed by atoms with E-state index in [0.717, 1.165) is 34.9 Å². The van der Waals surface area contributed by atoms with Crippen molar-refractivity contribution >= 4 is 28.2 Å². The summed E-state index contributed by atoms with van der Waals surface area (Å²) in [6.07, 6.45) is 2.48. The van der Waals surface area contributed by atoms with Gasteiger partial charge in [0, 0.05) is 12.2 Å².